The van der Waals surface area contributed by atoms with Gasteiger partial charge in [0.05, 0.1) is 4.88 Å². The van der Waals surface area contributed by atoms with E-state index >= 15 is 0 Å². The number of hydrogen-bond acceptors (Lipinski definition) is 4. The van der Waals surface area contributed by atoms with Crippen LogP contribution in [0.5, 0.6) is 0 Å². The molecule has 0 saturated carbocycles. The normalized spacial score (nSPS) is 10.2. The van der Waals surface area contributed by atoms with E-state index in [1.807, 2.05) is 5.38 Å². The highest BCUT2D eigenvalue weighted by molar-refractivity contribution is 7.12. The van der Waals surface area contributed by atoms with E-state index in [9.17, 15) is 18.8 Å². The Morgan fingerprint density at radius 3 is 2.17 bits per heavy atom. The molecular formula is C21H19FN4O3S. The van der Waals surface area contributed by atoms with Crippen molar-refractivity contribution in [2.45, 2.75) is 0 Å². The van der Waals surface area contributed by atoms with Crippen LogP contribution in [0.4, 0.5) is 20.6 Å². The molecule has 1 aromatic heterocycles. The van der Waals surface area contributed by atoms with E-state index in [2.05, 4.69) is 21.3 Å². The third-order valence-electron chi connectivity index (χ3n) is 3.93. The van der Waals surface area contributed by atoms with Crippen LogP contribution in [0.25, 0.3) is 0 Å². The first-order valence-electron chi connectivity index (χ1n) is 9.05. The third kappa shape index (κ3) is 6.14. The van der Waals surface area contributed by atoms with E-state index in [1.54, 1.807) is 42.5 Å². The molecule has 3 rings (SSSR count). The molecule has 0 atom stereocenters. The summed E-state index contributed by atoms with van der Waals surface area (Å²) in [4.78, 5) is 36.6. The summed E-state index contributed by atoms with van der Waals surface area (Å²) < 4.78 is 13.1. The van der Waals surface area contributed by atoms with Crippen molar-refractivity contribution in [1.82, 2.24) is 10.6 Å². The Morgan fingerprint density at radius 1 is 0.800 bits per heavy atom. The Bertz CT molecular complexity index is 1020. The Morgan fingerprint density at radius 2 is 1.50 bits per heavy atom. The highest BCUT2D eigenvalue weighted by Gasteiger charge is 2.08. The molecule has 0 unspecified atom stereocenters. The van der Waals surface area contributed by atoms with Crippen LogP contribution in [0.2, 0.25) is 0 Å². The predicted octanol–water partition coefficient (Wildman–Crippen LogP) is 3.69. The van der Waals surface area contributed by atoms with Crippen LogP contribution in [-0.2, 0) is 0 Å². The minimum absolute atomic E-state index is 0.175. The Kier molecular flexibility index (Phi) is 7.12. The number of hydrogen-bond donors (Lipinski definition) is 4. The second-order valence-corrected chi connectivity index (χ2v) is 7.10. The smallest absolute Gasteiger partial charge is 0.323 e. The van der Waals surface area contributed by atoms with Crippen molar-refractivity contribution in [1.29, 1.82) is 0 Å². The van der Waals surface area contributed by atoms with Crippen LogP contribution in [0.15, 0.2) is 66.0 Å². The predicted molar refractivity (Wildman–Crippen MR) is 114 cm³/mol. The topological polar surface area (TPSA) is 99.3 Å². The molecule has 30 heavy (non-hydrogen) atoms. The van der Waals surface area contributed by atoms with Crippen molar-refractivity contribution in [3.8, 4) is 0 Å². The van der Waals surface area contributed by atoms with E-state index in [0.29, 0.717) is 28.4 Å². The summed E-state index contributed by atoms with van der Waals surface area (Å²) in [7, 11) is 0. The van der Waals surface area contributed by atoms with Crippen LogP contribution in [0.3, 0.4) is 0 Å². The van der Waals surface area contributed by atoms with Crippen LogP contribution in [0.1, 0.15) is 20.0 Å². The number of benzene rings is 2. The number of halogens is 1. The van der Waals surface area contributed by atoms with Crippen molar-refractivity contribution in [3.05, 3.63) is 82.3 Å². The van der Waals surface area contributed by atoms with Gasteiger partial charge in [-0.25, -0.2) is 9.18 Å². The molecule has 0 fully saturated rings. The molecule has 1 heterocycles. The molecule has 0 aliphatic rings. The molecule has 0 saturated heterocycles. The number of amides is 4. The number of urea groups is 1. The lowest BCUT2D eigenvalue weighted by Crippen LogP contribution is -2.34. The fraction of sp³-hybridized carbons (Fsp3) is 0.0952. The molecule has 4 N–H and O–H groups in total. The van der Waals surface area contributed by atoms with E-state index in [0.717, 1.165) is 0 Å². The third-order valence-corrected chi connectivity index (χ3v) is 4.80. The SMILES string of the molecule is O=C(Nc1ccc(C(=O)NCCNC(=O)c2cccs2)cc1)Nc1cccc(F)c1. The Balaban J connectivity index is 1.42. The zero-order valence-electron chi connectivity index (χ0n) is 15.8. The van der Waals surface area contributed by atoms with E-state index in [-0.39, 0.29) is 18.4 Å². The molecule has 0 radical (unpaired) electrons. The summed E-state index contributed by atoms with van der Waals surface area (Å²) >= 11 is 1.35. The molecule has 2 aromatic carbocycles. The molecule has 0 aliphatic heterocycles. The lowest BCUT2D eigenvalue weighted by Gasteiger charge is -2.09. The van der Waals surface area contributed by atoms with Crippen molar-refractivity contribution in [3.63, 3.8) is 0 Å². The molecule has 7 nitrogen and oxygen atoms in total. The summed E-state index contributed by atoms with van der Waals surface area (Å²) in [6, 6.07) is 14.8. The van der Waals surface area contributed by atoms with Gasteiger partial charge < -0.3 is 21.3 Å². The lowest BCUT2D eigenvalue weighted by atomic mass is 10.2. The molecule has 3 aromatic rings. The van der Waals surface area contributed by atoms with Gasteiger partial charge in [-0.15, -0.1) is 11.3 Å². The number of carbonyl (C=O) groups excluding carboxylic acids is 3. The van der Waals surface area contributed by atoms with Crippen LogP contribution in [0, 0.1) is 5.82 Å². The fourth-order valence-electron chi connectivity index (χ4n) is 2.51. The van der Waals surface area contributed by atoms with Gasteiger partial charge in [0.2, 0.25) is 0 Å². The number of nitrogens with one attached hydrogen (secondary N) is 4. The first-order chi connectivity index (χ1) is 14.5. The minimum atomic E-state index is -0.528. The van der Waals surface area contributed by atoms with Gasteiger partial charge in [-0.2, -0.15) is 0 Å². The fourth-order valence-corrected chi connectivity index (χ4v) is 3.15. The van der Waals surface area contributed by atoms with E-state index in [4.69, 9.17) is 0 Å². The summed E-state index contributed by atoms with van der Waals surface area (Å²) in [5, 5.41) is 12.4. The maximum Gasteiger partial charge on any atom is 0.323 e. The number of carbonyl (C=O) groups is 3. The Labute approximate surface area is 176 Å². The quantitative estimate of drug-likeness (QED) is 0.434. The largest absolute Gasteiger partial charge is 0.350 e. The highest BCUT2D eigenvalue weighted by atomic mass is 32.1. The molecule has 9 heteroatoms. The van der Waals surface area contributed by atoms with Gasteiger partial charge in [0.15, 0.2) is 0 Å². The van der Waals surface area contributed by atoms with Gasteiger partial charge in [-0.05, 0) is 53.9 Å². The molecular weight excluding hydrogens is 407 g/mol. The number of rotatable bonds is 7. The average molecular weight is 426 g/mol. The molecule has 0 aliphatic carbocycles. The highest BCUT2D eigenvalue weighted by Crippen LogP contribution is 2.12. The van der Waals surface area contributed by atoms with Crippen LogP contribution in [-0.4, -0.2) is 30.9 Å². The summed E-state index contributed by atoms with van der Waals surface area (Å²) in [5.74, 6) is -0.920. The van der Waals surface area contributed by atoms with Gasteiger partial charge in [0.1, 0.15) is 5.82 Å². The maximum absolute atomic E-state index is 13.1. The molecule has 4 amide bonds. The molecule has 154 valence electrons. The standard InChI is InChI=1S/C21H19FN4O3S/c22-15-3-1-4-17(13-15)26-21(29)25-16-8-6-14(7-9-16)19(27)23-10-11-24-20(28)18-5-2-12-30-18/h1-9,12-13H,10-11H2,(H,23,27)(H,24,28)(H2,25,26,29). The second-order valence-electron chi connectivity index (χ2n) is 6.16. The monoisotopic (exact) mass is 426 g/mol. The first-order valence-corrected chi connectivity index (χ1v) is 9.93. The zero-order valence-corrected chi connectivity index (χ0v) is 16.6. The van der Waals surface area contributed by atoms with Crippen molar-refractivity contribution < 1.29 is 18.8 Å². The summed E-state index contributed by atoms with van der Waals surface area (Å²) in [5.41, 5.74) is 1.22. The summed E-state index contributed by atoms with van der Waals surface area (Å²) in [6.45, 7) is 0.592. The number of anilines is 2. The zero-order chi connectivity index (χ0) is 21.3. The number of thiophene rings is 1. The lowest BCUT2D eigenvalue weighted by molar-refractivity contribution is 0.0929. The van der Waals surface area contributed by atoms with Gasteiger partial charge >= 0.3 is 6.03 Å². The average Bonchev–Trinajstić information content (AvgIpc) is 3.26. The van der Waals surface area contributed by atoms with E-state index in [1.165, 1.54) is 29.5 Å². The van der Waals surface area contributed by atoms with Gasteiger partial charge in [0, 0.05) is 30.0 Å². The maximum atomic E-state index is 13.1. The van der Waals surface area contributed by atoms with Crippen molar-refractivity contribution in [2.24, 2.45) is 0 Å². The molecule has 0 spiro atoms. The second kappa shape index (κ2) is 10.2. The van der Waals surface area contributed by atoms with Gasteiger partial charge in [0.25, 0.3) is 11.8 Å². The van der Waals surface area contributed by atoms with Crippen LogP contribution >= 0.6 is 11.3 Å². The van der Waals surface area contributed by atoms with Gasteiger partial charge in [-0.1, -0.05) is 12.1 Å². The van der Waals surface area contributed by atoms with Gasteiger partial charge in [-0.3, -0.25) is 9.59 Å². The molecule has 0 bridgehead atoms. The minimum Gasteiger partial charge on any atom is -0.350 e. The first kappa shape index (κ1) is 21.0. The summed E-state index contributed by atoms with van der Waals surface area (Å²) in [6.07, 6.45) is 0. The Hall–Kier alpha value is -3.72. The van der Waals surface area contributed by atoms with Crippen molar-refractivity contribution >= 4 is 40.6 Å². The van der Waals surface area contributed by atoms with Crippen LogP contribution < -0.4 is 21.3 Å². The van der Waals surface area contributed by atoms with Crippen molar-refractivity contribution in [2.75, 3.05) is 23.7 Å². The van der Waals surface area contributed by atoms with E-state index < -0.39 is 11.8 Å².